The normalized spacial score (nSPS) is 18.4. The van der Waals surface area contributed by atoms with Crippen molar-refractivity contribution < 1.29 is 18.7 Å². The van der Waals surface area contributed by atoms with E-state index in [-0.39, 0.29) is 35.2 Å². The molecule has 2 N–H and O–H groups in total. The van der Waals surface area contributed by atoms with Crippen LogP contribution in [0.2, 0.25) is 5.02 Å². The predicted octanol–water partition coefficient (Wildman–Crippen LogP) is 4.33. The van der Waals surface area contributed by atoms with Gasteiger partial charge >= 0.3 is 6.09 Å². The molecule has 2 amide bonds. The number of aromatic nitrogens is 7. The third kappa shape index (κ3) is 4.57. The lowest BCUT2D eigenvalue weighted by molar-refractivity contribution is -0.129. The molecule has 0 radical (unpaired) electrons. The van der Waals surface area contributed by atoms with Crippen LogP contribution in [0.25, 0.3) is 22.5 Å². The number of halogens is 2. The maximum atomic E-state index is 15.3. The van der Waals surface area contributed by atoms with Crippen LogP contribution in [0, 0.1) is 5.82 Å². The largest absolute Gasteiger partial charge is 0.450 e. The molecule has 1 fully saturated rings. The first-order chi connectivity index (χ1) is 19.4. The van der Waals surface area contributed by atoms with Gasteiger partial charge in [0, 0.05) is 35.6 Å². The molecule has 204 valence electrons. The van der Waals surface area contributed by atoms with E-state index in [1.807, 2.05) is 0 Å². The number of nitrogens with zero attached hydrogens (tertiary/aromatic N) is 7. The van der Waals surface area contributed by atoms with E-state index in [9.17, 15) is 9.59 Å². The van der Waals surface area contributed by atoms with Crippen LogP contribution in [0.1, 0.15) is 43.6 Å². The first-order valence-corrected chi connectivity index (χ1v) is 13.0. The molecule has 4 aromatic rings. The van der Waals surface area contributed by atoms with E-state index in [1.54, 1.807) is 36.4 Å². The Labute approximate surface area is 232 Å². The van der Waals surface area contributed by atoms with Gasteiger partial charge in [-0.1, -0.05) is 11.6 Å². The minimum absolute atomic E-state index is 0.0528. The Hall–Kier alpha value is -4.65. The van der Waals surface area contributed by atoms with Crippen LogP contribution in [-0.4, -0.2) is 64.7 Å². The molecule has 0 saturated carbocycles. The summed E-state index contributed by atoms with van der Waals surface area (Å²) in [5.41, 5.74) is 2.82. The van der Waals surface area contributed by atoms with Crippen molar-refractivity contribution >= 4 is 34.9 Å². The fourth-order valence-corrected chi connectivity index (χ4v) is 5.50. The SMILES string of the molecule is CCOC(=O)Nc1cnccc1-c1c[nH]c([C@@H]2CC[C@H]3CC(c4c(-n5cnnn5)ccc(Cl)c4F)=CC(=O)N32)n1. The number of aromatic amines is 1. The summed E-state index contributed by atoms with van der Waals surface area (Å²) in [4.78, 5) is 39.3. The number of hydrogen-bond donors (Lipinski definition) is 2. The van der Waals surface area contributed by atoms with Crippen molar-refractivity contribution in [2.45, 2.75) is 38.3 Å². The number of H-pyrrole nitrogens is 1. The zero-order valence-electron chi connectivity index (χ0n) is 21.2. The fraction of sp³-hybridized carbons (Fsp3) is 0.269. The van der Waals surface area contributed by atoms with Gasteiger partial charge in [0.25, 0.3) is 0 Å². The fourth-order valence-electron chi connectivity index (χ4n) is 5.34. The number of carbonyl (C=O) groups excluding carboxylic acids is 2. The van der Waals surface area contributed by atoms with E-state index in [4.69, 9.17) is 21.3 Å². The molecule has 2 aliphatic heterocycles. The van der Waals surface area contributed by atoms with Crippen LogP contribution in [0.3, 0.4) is 0 Å². The second kappa shape index (κ2) is 10.5. The van der Waals surface area contributed by atoms with E-state index in [1.165, 1.54) is 29.3 Å². The Bertz CT molecular complexity index is 1620. The Morgan fingerprint density at radius 2 is 2.17 bits per heavy atom. The Balaban J connectivity index is 1.29. The van der Waals surface area contributed by atoms with Gasteiger partial charge in [0.2, 0.25) is 5.91 Å². The number of amides is 2. The number of carbonyl (C=O) groups is 2. The monoisotopic (exact) mass is 563 g/mol. The summed E-state index contributed by atoms with van der Waals surface area (Å²) >= 11 is 6.12. The first kappa shape index (κ1) is 25.6. The molecule has 5 heterocycles. The van der Waals surface area contributed by atoms with Crippen LogP contribution in [0.4, 0.5) is 14.9 Å². The molecule has 3 aromatic heterocycles. The van der Waals surface area contributed by atoms with E-state index in [0.29, 0.717) is 53.3 Å². The number of rotatable bonds is 6. The van der Waals surface area contributed by atoms with Crippen molar-refractivity contribution in [2.24, 2.45) is 0 Å². The van der Waals surface area contributed by atoms with Crippen molar-refractivity contribution in [1.82, 2.24) is 40.1 Å². The van der Waals surface area contributed by atoms with Crippen LogP contribution >= 0.6 is 11.6 Å². The molecule has 1 saturated heterocycles. The number of tetrazole rings is 1. The van der Waals surface area contributed by atoms with Gasteiger partial charge in [-0.05, 0) is 60.4 Å². The van der Waals surface area contributed by atoms with Gasteiger partial charge in [-0.25, -0.2) is 14.2 Å². The molecule has 14 heteroatoms. The highest BCUT2D eigenvalue weighted by atomic mass is 35.5. The standard InChI is InChI=1S/C26H23ClFN9O3/c1-2-40-26(39)33-18-11-29-8-7-16(18)19-12-30-25(32-19)21-5-3-15-9-14(10-22(38)37(15)21)23-20(36-13-31-34-35-36)6-4-17(27)24(23)28/h4,6-8,10-13,15,21H,2-3,5,9H2,1H3,(H,30,32)(H,33,39)/t15-,21-/m0/s1. The molecular formula is C26H23ClFN9O3. The average Bonchev–Trinajstić information content (AvgIpc) is 3.71. The van der Waals surface area contributed by atoms with Gasteiger partial charge in [-0.2, -0.15) is 4.68 Å². The van der Waals surface area contributed by atoms with Crippen LogP contribution in [0.5, 0.6) is 0 Å². The smallest absolute Gasteiger partial charge is 0.411 e. The van der Waals surface area contributed by atoms with E-state index >= 15 is 4.39 Å². The maximum Gasteiger partial charge on any atom is 0.411 e. The minimum atomic E-state index is -0.628. The van der Waals surface area contributed by atoms with Gasteiger partial charge in [0.05, 0.1) is 40.9 Å². The van der Waals surface area contributed by atoms with Gasteiger partial charge in [0.15, 0.2) is 5.82 Å². The Morgan fingerprint density at radius 1 is 1.30 bits per heavy atom. The Kier molecular flexibility index (Phi) is 6.72. The summed E-state index contributed by atoms with van der Waals surface area (Å²) in [7, 11) is 0. The molecule has 0 bridgehead atoms. The summed E-state index contributed by atoms with van der Waals surface area (Å²) in [6.45, 7) is 1.96. The van der Waals surface area contributed by atoms with Crippen molar-refractivity contribution in [1.29, 1.82) is 0 Å². The number of anilines is 1. The molecular weight excluding hydrogens is 541 g/mol. The van der Waals surface area contributed by atoms with E-state index in [2.05, 4.69) is 30.8 Å². The first-order valence-electron chi connectivity index (χ1n) is 12.6. The topological polar surface area (TPSA) is 144 Å². The zero-order valence-corrected chi connectivity index (χ0v) is 22.0. The molecule has 1 aromatic carbocycles. The average molecular weight is 564 g/mol. The van der Waals surface area contributed by atoms with Gasteiger partial charge < -0.3 is 14.6 Å². The summed E-state index contributed by atoms with van der Waals surface area (Å²) in [6.07, 6.45) is 8.88. The number of hydrogen-bond acceptors (Lipinski definition) is 8. The second-order valence-electron chi connectivity index (χ2n) is 9.31. The molecule has 0 aliphatic carbocycles. The third-order valence-corrected chi connectivity index (χ3v) is 7.31. The number of ether oxygens (including phenoxy) is 1. The molecule has 0 unspecified atom stereocenters. The lowest BCUT2D eigenvalue weighted by Crippen LogP contribution is -2.39. The van der Waals surface area contributed by atoms with Gasteiger partial charge in [-0.3, -0.25) is 15.1 Å². The van der Waals surface area contributed by atoms with E-state index < -0.39 is 11.9 Å². The quantitative estimate of drug-likeness (QED) is 0.353. The highest BCUT2D eigenvalue weighted by Gasteiger charge is 2.42. The van der Waals surface area contributed by atoms with Crippen molar-refractivity contribution in [3.63, 3.8) is 0 Å². The van der Waals surface area contributed by atoms with Crippen molar-refractivity contribution in [3.8, 4) is 16.9 Å². The third-order valence-electron chi connectivity index (χ3n) is 7.02. The lowest BCUT2D eigenvalue weighted by Gasteiger charge is -2.33. The molecule has 40 heavy (non-hydrogen) atoms. The molecule has 2 atom stereocenters. The minimum Gasteiger partial charge on any atom is -0.450 e. The van der Waals surface area contributed by atoms with E-state index in [0.717, 1.165) is 0 Å². The summed E-state index contributed by atoms with van der Waals surface area (Å²) < 4.78 is 21.7. The van der Waals surface area contributed by atoms with Crippen LogP contribution in [0.15, 0.2) is 49.2 Å². The number of pyridine rings is 1. The molecule has 2 aliphatic rings. The second-order valence-corrected chi connectivity index (χ2v) is 9.72. The Morgan fingerprint density at radius 3 is 2.98 bits per heavy atom. The van der Waals surface area contributed by atoms with Crippen LogP contribution < -0.4 is 5.32 Å². The summed E-state index contributed by atoms with van der Waals surface area (Å²) in [5.74, 6) is -0.260. The van der Waals surface area contributed by atoms with Gasteiger partial charge in [-0.15, -0.1) is 5.10 Å². The number of nitrogens with one attached hydrogen (secondary N) is 2. The number of imidazole rings is 1. The lowest BCUT2D eigenvalue weighted by atomic mass is 9.92. The molecule has 6 rings (SSSR count). The number of fused-ring (bicyclic) bond motifs is 1. The molecule has 0 spiro atoms. The predicted molar refractivity (Wildman–Crippen MR) is 142 cm³/mol. The van der Waals surface area contributed by atoms with Crippen molar-refractivity contribution in [2.75, 3.05) is 11.9 Å². The molecule has 12 nitrogen and oxygen atoms in total. The summed E-state index contributed by atoms with van der Waals surface area (Å²) in [6, 6.07) is 4.34. The maximum absolute atomic E-state index is 15.3. The van der Waals surface area contributed by atoms with Crippen LogP contribution in [-0.2, 0) is 9.53 Å². The highest BCUT2D eigenvalue weighted by molar-refractivity contribution is 6.31. The van der Waals surface area contributed by atoms with Crippen molar-refractivity contribution in [3.05, 3.63) is 71.4 Å². The highest BCUT2D eigenvalue weighted by Crippen LogP contribution is 2.44. The summed E-state index contributed by atoms with van der Waals surface area (Å²) in [5, 5.41) is 13.8. The van der Waals surface area contributed by atoms with Gasteiger partial charge in [0.1, 0.15) is 12.2 Å². The zero-order chi connectivity index (χ0) is 27.8. The number of benzene rings is 1.